The molecule has 0 spiro atoms. The maximum absolute atomic E-state index is 10.4. The van der Waals surface area contributed by atoms with Crippen molar-refractivity contribution < 1.29 is 9.47 Å². The van der Waals surface area contributed by atoms with Gasteiger partial charge in [-0.25, -0.2) is 0 Å². The fraction of sp³-hybridized carbons (Fsp3) is 0. The molecule has 0 radical (unpaired) electrons. The molecule has 0 saturated heterocycles. The summed E-state index contributed by atoms with van der Waals surface area (Å²) >= 11 is 0. The Morgan fingerprint density at radius 3 is 1.83 bits per heavy atom. The molecular formula is C31H17BN2O2. The summed E-state index contributed by atoms with van der Waals surface area (Å²) < 4.78 is 15.2. The zero-order valence-electron chi connectivity index (χ0n) is 19.1. The van der Waals surface area contributed by atoms with E-state index < -0.39 is 0 Å². The fourth-order valence-electron chi connectivity index (χ4n) is 5.90. The summed E-state index contributed by atoms with van der Waals surface area (Å²) in [6, 6.07) is 37.2. The van der Waals surface area contributed by atoms with E-state index in [1.807, 2.05) is 54.6 Å². The summed E-state index contributed by atoms with van der Waals surface area (Å²) in [6.45, 7) is -0.0514. The van der Waals surface area contributed by atoms with Crippen LogP contribution in [0.2, 0.25) is 0 Å². The van der Waals surface area contributed by atoms with Crippen LogP contribution in [-0.2, 0) is 0 Å². The average molecular weight is 460 g/mol. The van der Waals surface area contributed by atoms with E-state index in [0.29, 0.717) is 17.1 Å². The molecule has 0 amide bonds. The normalized spacial score (nSPS) is 12.8. The summed E-state index contributed by atoms with van der Waals surface area (Å²) in [5.41, 5.74) is 6.47. The molecule has 5 aromatic carbocycles. The molecule has 0 N–H and O–H groups in total. The molecule has 4 nitrogen and oxygen atoms in total. The number of hydrogen-bond acceptors (Lipinski definition) is 3. The van der Waals surface area contributed by atoms with Crippen molar-refractivity contribution in [2.24, 2.45) is 0 Å². The second-order valence-corrected chi connectivity index (χ2v) is 9.21. The van der Waals surface area contributed by atoms with Gasteiger partial charge in [-0.15, -0.1) is 0 Å². The van der Waals surface area contributed by atoms with Crippen LogP contribution in [-0.4, -0.2) is 11.3 Å². The van der Waals surface area contributed by atoms with E-state index in [0.717, 1.165) is 55.4 Å². The number of rotatable bonds is 1. The van der Waals surface area contributed by atoms with Crippen LogP contribution in [0, 0.1) is 11.3 Å². The molecular weight excluding hydrogens is 443 g/mol. The van der Waals surface area contributed by atoms with Gasteiger partial charge in [0.15, 0.2) is 5.75 Å². The Bertz CT molecular complexity index is 1870. The number of benzene rings is 5. The lowest BCUT2D eigenvalue weighted by Crippen LogP contribution is -2.57. The van der Waals surface area contributed by atoms with Crippen LogP contribution in [0.25, 0.3) is 27.5 Å². The van der Waals surface area contributed by atoms with E-state index in [2.05, 4.69) is 59.2 Å². The van der Waals surface area contributed by atoms with Gasteiger partial charge in [0, 0.05) is 22.3 Å². The number of ether oxygens (including phenoxy) is 2. The maximum atomic E-state index is 10.4. The predicted molar refractivity (Wildman–Crippen MR) is 143 cm³/mol. The number of fused-ring (bicyclic) bond motifs is 7. The third-order valence-corrected chi connectivity index (χ3v) is 7.36. The fourth-order valence-corrected chi connectivity index (χ4v) is 5.90. The standard InChI is InChI=1S/C31H17BN2O2/c33-18-19-17-28-29-31(30(19)34-24-13-5-1-9-20(24)21-10-2-6-14-25(21)34)36-27-16-8-4-12-23(27)32(29)22-11-3-7-15-26(22)35-28/h1-17H. The van der Waals surface area contributed by atoms with Crippen molar-refractivity contribution in [1.29, 1.82) is 5.26 Å². The number of nitriles is 1. The van der Waals surface area contributed by atoms with Gasteiger partial charge in [-0.05, 0) is 35.2 Å². The van der Waals surface area contributed by atoms with Gasteiger partial charge in [0.2, 0.25) is 0 Å². The first-order chi connectivity index (χ1) is 17.8. The molecule has 0 fully saturated rings. The number of aromatic nitrogens is 1. The molecule has 1 aromatic heterocycles. The molecule has 0 unspecified atom stereocenters. The van der Waals surface area contributed by atoms with Crippen molar-refractivity contribution in [3.05, 3.63) is 109 Å². The lowest BCUT2D eigenvalue weighted by molar-refractivity contribution is 0.463. The minimum atomic E-state index is -0.0514. The molecule has 8 rings (SSSR count). The van der Waals surface area contributed by atoms with Gasteiger partial charge in [0.1, 0.15) is 29.0 Å². The van der Waals surface area contributed by atoms with Crippen molar-refractivity contribution in [2.45, 2.75) is 0 Å². The van der Waals surface area contributed by atoms with Gasteiger partial charge < -0.3 is 14.0 Å². The van der Waals surface area contributed by atoms with E-state index in [9.17, 15) is 5.26 Å². The largest absolute Gasteiger partial charge is 0.458 e. The Hall–Kier alpha value is -4.95. The van der Waals surface area contributed by atoms with Gasteiger partial charge >= 0.3 is 0 Å². The average Bonchev–Trinajstić information content (AvgIpc) is 3.26. The monoisotopic (exact) mass is 460 g/mol. The third-order valence-electron chi connectivity index (χ3n) is 7.36. The Kier molecular flexibility index (Phi) is 3.79. The maximum Gasteiger partial charge on any atom is 0.260 e. The van der Waals surface area contributed by atoms with E-state index in [4.69, 9.17) is 9.47 Å². The molecule has 6 aromatic rings. The minimum Gasteiger partial charge on any atom is -0.458 e. The second kappa shape index (κ2) is 7.03. The number of nitrogens with zero attached hydrogens (tertiary/aromatic N) is 2. The molecule has 0 saturated carbocycles. The Labute approximate surface area is 207 Å². The third kappa shape index (κ3) is 2.43. The van der Waals surface area contributed by atoms with E-state index in [1.165, 1.54) is 0 Å². The quantitative estimate of drug-likeness (QED) is 0.309. The molecule has 0 bridgehead atoms. The highest BCUT2D eigenvalue weighted by atomic mass is 16.5. The summed E-state index contributed by atoms with van der Waals surface area (Å²) in [6.07, 6.45) is 0. The van der Waals surface area contributed by atoms with Crippen molar-refractivity contribution in [1.82, 2.24) is 4.57 Å². The van der Waals surface area contributed by atoms with Crippen molar-refractivity contribution >= 4 is 44.9 Å². The van der Waals surface area contributed by atoms with Gasteiger partial charge in [-0.2, -0.15) is 5.26 Å². The first kappa shape index (κ1) is 19.4. The Balaban J connectivity index is 1.54. The lowest BCUT2D eigenvalue weighted by atomic mass is 9.35. The lowest BCUT2D eigenvalue weighted by Gasteiger charge is -2.34. The van der Waals surface area contributed by atoms with Crippen LogP contribution in [0.3, 0.4) is 0 Å². The zero-order chi connectivity index (χ0) is 23.8. The molecule has 166 valence electrons. The van der Waals surface area contributed by atoms with Gasteiger partial charge in [0.25, 0.3) is 6.71 Å². The topological polar surface area (TPSA) is 47.2 Å². The Morgan fingerprint density at radius 1 is 0.639 bits per heavy atom. The van der Waals surface area contributed by atoms with Crippen molar-refractivity contribution in [3.8, 4) is 34.8 Å². The van der Waals surface area contributed by atoms with Gasteiger partial charge in [0.05, 0.1) is 16.6 Å². The summed E-state index contributed by atoms with van der Waals surface area (Å²) in [4.78, 5) is 0. The molecule has 3 heterocycles. The molecule has 36 heavy (non-hydrogen) atoms. The second-order valence-electron chi connectivity index (χ2n) is 9.21. The number of hydrogen-bond donors (Lipinski definition) is 0. The highest BCUT2D eigenvalue weighted by Crippen LogP contribution is 2.43. The minimum absolute atomic E-state index is 0.0514. The van der Waals surface area contributed by atoms with Crippen LogP contribution in [0.4, 0.5) is 0 Å². The first-order valence-corrected chi connectivity index (χ1v) is 12.0. The summed E-state index contributed by atoms with van der Waals surface area (Å²) in [7, 11) is 0. The van der Waals surface area contributed by atoms with E-state index in [-0.39, 0.29) is 6.71 Å². The van der Waals surface area contributed by atoms with Crippen LogP contribution in [0.15, 0.2) is 103 Å². The van der Waals surface area contributed by atoms with Crippen molar-refractivity contribution in [2.75, 3.05) is 0 Å². The van der Waals surface area contributed by atoms with E-state index >= 15 is 0 Å². The van der Waals surface area contributed by atoms with E-state index in [1.54, 1.807) is 0 Å². The molecule has 5 heteroatoms. The SMILES string of the molecule is N#Cc1cc2c3c(c1-n1c4ccccc4c4ccccc41)Oc1ccccc1B3c1ccccc1O2. The summed E-state index contributed by atoms with van der Waals surface area (Å²) in [5.74, 6) is 2.96. The highest BCUT2D eigenvalue weighted by molar-refractivity contribution is 6.98. The number of para-hydroxylation sites is 4. The molecule has 2 aliphatic heterocycles. The Morgan fingerprint density at radius 2 is 1.19 bits per heavy atom. The molecule has 0 aliphatic carbocycles. The van der Waals surface area contributed by atoms with Crippen LogP contribution in [0.5, 0.6) is 23.0 Å². The first-order valence-electron chi connectivity index (χ1n) is 12.0. The van der Waals surface area contributed by atoms with Gasteiger partial charge in [-0.1, -0.05) is 72.8 Å². The summed E-state index contributed by atoms with van der Waals surface area (Å²) in [5, 5.41) is 12.7. The van der Waals surface area contributed by atoms with Crippen LogP contribution < -0.4 is 25.9 Å². The van der Waals surface area contributed by atoms with Crippen molar-refractivity contribution in [3.63, 3.8) is 0 Å². The highest BCUT2D eigenvalue weighted by Gasteiger charge is 2.42. The molecule has 0 atom stereocenters. The smallest absolute Gasteiger partial charge is 0.260 e. The van der Waals surface area contributed by atoms with Gasteiger partial charge in [-0.3, -0.25) is 0 Å². The van der Waals surface area contributed by atoms with Crippen LogP contribution in [0.1, 0.15) is 5.56 Å². The molecule has 2 aliphatic rings. The van der Waals surface area contributed by atoms with Crippen LogP contribution >= 0.6 is 0 Å². The predicted octanol–water partition coefficient (Wildman–Crippen LogP) is 5.38. The zero-order valence-corrected chi connectivity index (χ0v) is 19.1.